The van der Waals surface area contributed by atoms with Crippen LogP contribution in [-0.2, 0) is 14.3 Å². The normalized spacial score (nSPS) is 16.2. The van der Waals surface area contributed by atoms with Crippen molar-refractivity contribution in [2.24, 2.45) is 5.92 Å². The molecule has 8 nitrogen and oxygen atoms in total. The van der Waals surface area contributed by atoms with Crippen molar-refractivity contribution in [3.63, 3.8) is 0 Å². The van der Waals surface area contributed by atoms with Crippen molar-refractivity contribution in [1.82, 2.24) is 4.98 Å². The van der Waals surface area contributed by atoms with Crippen LogP contribution in [0.1, 0.15) is 51.5 Å². The van der Waals surface area contributed by atoms with Gasteiger partial charge in [-0.15, -0.1) is 0 Å². The molecule has 27 heavy (non-hydrogen) atoms. The second-order valence-corrected chi connectivity index (χ2v) is 7.44. The third-order valence-electron chi connectivity index (χ3n) is 4.80. The number of carbonyl (C=O) groups excluding carboxylic acids is 1. The number of methoxy groups -OCH3 is 1. The lowest BCUT2D eigenvalue weighted by Gasteiger charge is -2.36. The third kappa shape index (κ3) is 5.63. The van der Waals surface area contributed by atoms with Crippen LogP contribution in [0.4, 0.5) is 11.5 Å². The molecule has 1 fully saturated rings. The molecular formula is C19H29N3O5. The molecule has 0 amide bonds. The zero-order valence-electron chi connectivity index (χ0n) is 16.5. The Bertz CT molecular complexity index is 659. The summed E-state index contributed by atoms with van der Waals surface area (Å²) in [7, 11) is 1.33. The van der Waals surface area contributed by atoms with Crippen LogP contribution in [0.3, 0.4) is 0 Å². The molecule has 0 unspecified atom stereocenters. The van der Waals surface area contributed by atoms with E-state index in [9.17, 15) is 14.9 Å². The fraction of sp³-hybridized carbons (Fsp3) is 0.684. The maximum absolute atomic E-state index is 11.8. The molecule has 8 heteroatoms. The Hall–Kier alpha value is -2.22. The topological polar surface area (TPSA) is 94.8 Å². The number of nitrogens with zero attached hydrogens (tertiary/aromatic N) is 3. The van der Waals surface area contributed by atoms with E-state index in [4.69, 9.17) is 9.47 Å². The van der Waals surface area contributed by atoms with Crippen molar-refractivity contribution in [3.05, 3.63) is 27.9 Å². The molecule has 0 radical (unpaired) electrons. The fourth-order valence-electron chi connectivity index (χ4n) is 3.34. The molecule has 0 saturated carbocycles. The standard InChI is InChI=1S/C19H29N3O5/c1-13(2)12-21(16-5-7-27-8-6-16)19-17(22(24)25)10-15(11-20-19)14(3)9-18(23)26-4/h10-11,13-14,16H,5-9,12H2,1-4H3/t14-/m1/s1. The number of hydrogen-bond acceptors (Lipinski definition) is 7. The van der Waals surface area contributed by atoms with E-state index in [0.717, 1.165) is 12.8 Å². The molecule has 2 rings (SSSR count). The van der Waals surface area contributed by atoms with Crippen LogP contribution in [0.25, 0.3) is 0 Å². The highest BCUT2D eigenvalue weighted by atomic mass is 16.6. The van der Waals surface area contributed by atoms with Gasteiger partial charge in [0.25, 0.3) is 0 Å². The number of pyridine rings is 1. The van der Waals surface area contributed by atoms with Gasteiger partial charge >= 0.3 is 11.7 Å². The Morgan fingerprint density at radius 2 is 2.07 bits per heavy atom. The van der Waals surface area contributed by atoms with Gasteiger partial charge in [-0.2, -0.15) is 0 Å². The van der Waals surface area contributed by atoms with E-state index in [-0.39, 0.29) is 35.0 Å². The molecule has 1 aromatic rings. The van der Waals surface area contributed by atoms with Gasteiger partial charge < -0.3 is 14.4 Å². The average Bonchev–Trinajstić information content (AvgIpc) is 2.66. The summed E-state index contributed by atoms with van der Waals surface area (Å²) < 4.78 is 10.1. The first-order valence-corrected chi connectivity index (χ1v) is 9.39. The number of hydrogen-bond donors (Lipinski definition) is 0. The van der Waals surface area contributed by atoms with Crippen LogP contribution in [0.15, 0.2) is 12.3 Å². The van der Waals surface area contributed by atoms with Gasteiger partial charge in [-0.1, -0.05) is 20.8 Å². The first-order chi connectivity index (χ1) is 12.8. The summed E-state index contributed by atoms with van der Waals surface area (Å²) in [5, 5.41) is 11.8. The maximum Gasteiger partial charge on any atom is 0.311 e. The van der Waals surface area contributed by atoms with E-state index >= 15 is 0 Å². The first kappa shape index (κ1) is 21.1. The van der Waals surface area contributed by atoms with E-state index in [0.29, 0.717) is 37.1 Å². The Morgan fingerprint density at radius 1 is 1.41 bits per heavy atom. The lowest BCUT2D eigenvalue weighted by Crippen LogP contribution is -2.42. The summed E-state index contributed by atoms with van der Waals surface area (Å²) in [6.45, 7) is 8.01. The lowest BCUT2D eigenvalue weighted by molar-refractivity contribution is -0.384. The van der Waals surface area contributed by atoms with Crippen molar-refractivity contribution in [1.29, 1.82) is 0 Å². The summed E-state index contributed by atoms with van der Waals surface area (Å²) in [5.74, 6) is 0.180. The minimum Gasteiger partial charge on any atom is -0.469 e. The second kappa shape index (κ2) is 9.64. The third-order valence-corrected chi connectivity index (χ3v) is 4.80. The van der Waals surface area contributed by atoms with E-state index in [2.05, 4.69) is 23.7 Å². The number of aromatic nitrogens is 1. The molecule has 0 N–H and O–H groups in total. The van der Waals surface area contributed by atoms with Gasteiger partial charge in [0, 0.05) is 38.1 Å². The average molecular weight is 379 g/mol. The smallest absolute Gasteiger partial charge is 0.311 e. The Morgan fingerprint density at radius 3 is 2.63 bits per heavy atom. The quantitative estimate of drug-likeness (QED) is 0.388. The highest BCUT2D eigenvalue weighted by Crippen LogP contribution is 2.33. The van der Waals surface area contributed by atoms with Gasteiger partial charge in [-0.25, -0.2) is 4.98 Å². The van der Waals surface area contributed by atoms with Crippen molar-refractivity contribution in [2.45, 2.75) is 52.0 Å². The molecule has 1 aliphatic heterocycles. The van der Waals surface area contributed by atoms with Crippen LogP contribution < -0.4 is 4.90 Å². The Balaban J connectivity index is 2.37. The van der Waals surface area contributed by atoms with Gasteiger partial charge in [0.2, 0.25) is 5.82 Å². The molecule has 0 aromatic carbocycles. The zero-order chi connectivity index (χ0) is 20.0. The maximum atomic E-state index is 11.8. The number of rotatable bonds is 8. The van der Waals surface area contributed by atoms with Crippen molar-refractivity contribution < 1.29 is 19.2 Å². The first-order valence-electron chi connectivity index (χ1n) is 9.39. The van der Waals surface area contributed by atoms with Gasteiger partial charge in [-0.05, 0) is 30.2 Å². The fourth-order valence-corrected chi connectivity index (χ4v) is 3.34. The molecular weight excluding hydrogens is 350 g/mol. The number of carbonyl (C=O) groups is 1. The van der Waals surface area contributed by atoms with Gasteiger partial charge in [0.1, 0.15) is 0 Å². The van der Waals surface area contributed by atoms with Crippen LogP contribution in [-0.4, -0.2) is 48.8 Å². The molecule has 0 aliphatic carbocycles. The largest absolute Gasteiger partial charge is 0.469 e. The SMILES string of the molecule is COC(=O)C[C@@H](C)c1cnc(N(CC(C)C)C2CCOCC2)c([N+](=O)[O-])c1. The van der Waals surface area contributed by atoms with Crippen molar-refractivity contribution >= 4 is 17.5 Å². The summed E-state index contributed by atoms with van der Waals surface area (Å²) in [5.41, 5.74) is 0.642. The minimum atomic E-state index is -0.386. The number of ether oxygens (including phenoxy) is 2. The zero-order valence-corrected chi connectivity index (χ0v) is 16.5. The molecule has 1 atom stereocenters. The highest BCUT2D eigenvalue weighted by Gasteiger charge is 2.30. The molecule has 2 heterocycles. The van der Waals surface area contributed by atoms with Crippen LogP contribution in [0, 0.1) is 16.0 Å². The number of anilines is 1. The predicted octanol–water partition coefficient (Wildman–Crippen LogP) is 3.30. The van der Waals surface area contributed by atoms with Crippen LogP contribution in [0.5, 0.6) is 0 Å². The van der Waals surface area contributed by atoms with E-state index in [1.54, 1.807) is 12.3 Å². The van der Waals surface area contributed by atoms with E-state index in [1.165, 1.54) is 7.11 Å². The second-order valence-electron chi connectivity index (χ2n) is 7.44. The van der Waals surface area contributed by atoms with Crippen LogP contribution >= 0.6 is 0 Å². The number of esters is 1. The minimum absolute atomic E-state index is 0.0173. The van der Waals surface area contributed by atoms with Crippen LogP contribution in [0.2, 0.25) is 0 Å². The molecule has 0 spiro atoms. The lowest BCUT2D eigenvalue weighted by atomic mass is 9.98. The predicted molar refractivity (Wildman–Crippen MR) is 102 cm³/mol. The Kier molecular flexibility index (Phi) is 7.53. The molecule has 150 valence electrons. The van der Waals surface area contributed by atoms with Gasteiger partial charge in [0.05, 0.1) is 18.5 Å². The molecule has 1 aliphatic rings. The van der Waals surface area contributed by atoms with E-state index in [1.807, 2.05) is 6.92 Å². The van der Waals surface area contributed by atoms with Crippen molar-refractivity contribution in [2.75, 3.05) is 31.8 Å². The molecule has 1 aromatic heterocycles. The summed E-state index contributed by atoms with van der Waals surface area (Å²) >= 11 is 0. The summed E-state index contributed by atoms with van der Waals surface area (Å²) in [6, 6.07) is 1.72. The molecule has 1 saturated heterocycles. The van der Waals surface area contributed by atoms with Crippen molar-refractivity contribution in [3.8, 4) is 0 Å². The van der Waals surface area contributed by atoms with Gasteiger partial charge in [0.15, 0.2) is 0 Å². The monoisotopic (exact) mass is 379 g/mol. The summed E-state index contributed by atoms with van der Waals surface area (Å²) in [4.78, 5) is 29.4. The van der Waals surface area contributed by atoms with E-state index < -0.39 is 0 Å². The number of nitro groups is 1. The summed E-state index contributed by atoms with van der Waals surface area (Å²) in [6.07, 6.45) is 3.45. The van der Waals surface area contributed by atoms with Gasteiger partial charge in [-0.3, -0.25) is 14.9 Å². The Labute approximate surface area is 160 Å². The highest BCUT2D eigenvalue weighted by molar-refractivity contribution is 5.70. The molecule has 0 bridgehead atoms.